The van der Waals surface area contributed by atoms with Crippen molar-refractivity contribution in [2.24, 2.45) is 0 Å². The smallest absolute Gasteiger partial charge is 0.387 e. The third-order valence-electron chi connectivity index (χ3n) is 3.63. The molecule has 9 heteroatoms. The van der Waals surface area contributed by atoms with E-state index in [2.05, 4.69) is 20.4 Å². The second kappa shape index (κ2) is 9.56. The molecule has 0 aliphatic heterocycles. The van der Waals surface area contributed by atoms with Crippen LogP contribution < -0.4 is 25.0 Å². The van der Waals surface area contributed by atoms with Crippen LogP contribution in [0.3, 0.4) is 0 Å². The third kappa shape index (κ3) is 5.98. The molecule has 1 aromatic heterocycles. The van der Waals surface area contributed by atoms with Gasteiger partial charge in [0.15, 0.2) is 11.5 Å². The summed E-state index contributed by atoms with van der Waals surface area (Å²) in [6, 6.07) is 7.80. The molecular weight excluding hydrogens is 358 g/mol. The molecule has 0 radical (unpaired) electrons. The number of hydrogen-bond donors (Lipinski definition) is 2. The molecule has 0 aliphatic rings. The molecule has 2 amide bonds. The van der Waals surface area contributed by atoms with Crippen molar-refractivity contribution in [3.05, 3.63) is 47.7 Å². The zero-order valence-electron chi connectivity index (χ0n) is 15.3. The molecule has 0 spiro atoms. The van der Waals surface area contributed by atoms with Crippen molar-refractivity contribution in [3.63, 3.8) is 0 Å². The van der Waals surface area contributed by atoms with Crippen molar-refractivity contribution in [2.45, 2.75) is 19.7 Å². The first kappa shape index (κ1) is 20.2. The van der Waals surface area contributed by atoms with Gasteiger partial charge in [-0.25, -0.2) is 9.78 Å². The summed E-state index contributed by atoms with van der Waals surface area (Å²) < 4.78 is 34.1. The SMILES string of the molecule is COc1cc(CNC(=O)NCc2cccnc2N(C)C)ccc1OC(F)F. The Morgan fingerprint density at radius 3 is 2.59 bits per heavy atom. The van der Waals surface area contributed by atoms with E-state index in [1.54, 1.807) is 18.3 Å². The zero-order chi connectivity index (χ0) is 19.8. The second-order valence-corrected chi connectivity index (χ2v) is 5.78. The highest BCUT2D eigenvalue weighted by Gasteiger charge is 2.12. The van der Waals surface area contributed by atoms with E-state index < -0.39 is 6.61 Å². The molecule has 2 aromatic rings. The first-order valence-electron chi connectivity index (χ1n) is 8.15. The topological polar surface area (TPSA) is 75.7 Å². The number of rotatable bonds is 8. The van der Waals surface area contributed by atoms with E-state index in [0.29, 0.717) is 12.1 Å². The number of nitrogens with one attached hydrogen (secondary N) is 2. The maximum absolute atomic E-state index is 12.3. The van der Waals surface area contributed by atoms with Gasteiger partial charge >= 0.3 is 12.6 Å². The standard InChI is InChI=1S/C18H22F2N4O3/c1-24(2)16-13(5-4-8-21-16)11-23-18(25)22-10-12-6-7-14(27-17(19)20)15(9-12)26-3/h4-9,17H,10-11H2,1-3H3,(H2,22,23,25). The summed E-state index contributed by atoms with van der Waals surface area (Å²) in [5, 5.41) is 5.46. The van der Waals surface area contributed by atoms with Gasteiger partial charge in [0.2, 0.25) is 0 Å². The van der Waals surface area contributed by atoms with Gasteiger partial charge in [-0.2, -0.15) is 8.78 Å². The highest BCUT2D eigenvalue weighted by atomic mass is 19.3. The van der Waals surface area contributed by atoms with Crippen molar-refractivity contribution >= 4 is 11.8 Å². The maximum Gasteiger partial charge on any atom is 0.387 e. The molecule has 0 atom stereocenters. The quantitative estimate of drug-likeness (QED) is 0.737. The number of benzene rings is 1. The third-order valence-corrected chi connectivity index (χ3v) is 3.63. The Morgan fingerprint density at radius 2 is 1.93 bits per heavy atom. The van der Waals surface area contributed by atoms with Gasteiger partial charge in [0.05, 0.1) is 7.11 Å². The highest BCUT2D eigenvalue weighted by molar-refractivity contribution is 5.74. The van der Waals surface area contributed by atoms with E-state index in [-0.39, 0.29) is 24.1 Å². The Bertz CT molecular complexity index is 772. The van der Waals surface area contributed by atoms with Crippen LogP contribution in [0.15, 0.2) is 36.5 Å². The van der Waals surface area contributed by atoms with Gasteiger partial charge < -0.3 is 25.0 Å². The number of ether oxygens (including phenoxy) is 2. The summed E-state index contributed by atoms with van der Waals surface area (Å²) >= 11 is 0. The van der Waals surface area contributed by atoms with Crippen LogP contribution in [0.25, 0.3) is 0 Å². The van der Waals surface area contributed by atoms with Crippen LogP contribution in [-0.2, 0) is 13.1 Å². The number of methoxy groups -OCH3 is 1. The summed E-state index contributed by atoms with van der Waals surface area (Å²) in [4.78, 5) is 18.2. The maximum atomic E-state index is 12.3. The average Bonchev–Trinajstić information content (AvgIpc) is 2.65. The molecule has 1 aromatic carbocycles. The molecule has 0 fully saturated rings. The van der Waals surface area contributed by atoms with Crippen molar-refractivity contribution in [1.82, 2.24) is 15.6 Å². The van der Waals surface area contributed by atoms with Crippen LogP contribution in [0.5, 0.6) is 11.5 Å². The number of carbonyl (C=O) groups excluding carboxylic acids is 1. The van der Waals surface area contributed by atoms with E-state index in [1.165, 1.54) is 19.2 Å². The first-order valence-corrected chi connectivity index (χ1v) is 8.15. The molecule has 2 N–H and O–H groups in total. The normalized spacial score (nSPS) is 10.4. The van der Waals surface area contributed by atoms with Crippen LogP contribution in [0, 0.1) is 0 Å². The number of pyridine rings is 1. The fraction of sp³-hybridized carbons (Fsp3) is 0.333. The largest absolute Gasteiger partial charge is 0.493 e. The van der Waals surface area contributed by atoms with Gasteiger partial charge in [-0.1, -0.05) is 12.1 Å². The first-order chi connectivity index (χ1) is 12.9. The van der Waals surface area contributed by atoms with Gasteiger partial charge in [0.1, 0.15) is 5.82 Å². The van der Waals surface area contributed by atoms with E-state index in [4.69, 9.17) is 4.74 Å². The lowest BCUT2D eigenvalue weighted by Gasteiger charge is -2.16. The predicted octanol–water partition coefficient (Wildman–Crippen LogP) is 2.76. The molecule has 1 heterocycles. The zero-order valence-corrected chi connectivity index (χ0v) is 15.3. The predicted molar refractivity (Wildman–Crippen MR) is 97.3 cm³/mol. The number of carbonyl (C=O) groups is 1. The monoisotopic (exact) mass is 380 g/mol. The average molecular weight is 380 g/mol. The molecule has 0 bridgehead atoms. The van der Waals surface area contributed by atoms with E-state index in [0.717, 1.165) is 11.4 Å². The van der Waals surface area contributed by atoms with Crippen LogP contribution >= 0.6 is 0 Å². The minimum atomic E-state index is -2.94. The lowest BCUT2D eigenvalue weighted by molar-refractivity contribution is -0.0512. The number of hydrogen-bond acceptors (Lipinski definition) is 5. The number of nitrogens with zero attached hydrogens (tertiary/aromatic N) is 2. The van der Waals surface area contributed by atoms with Crippen LogP contribution in [0.4, 0.5) is 19.4 Å². The van der Waals surface area contributed by atoms with Crippen LogP contribution in [-0.4, -0.2) is 38.8 Å². The summed E-state index contributed by atoms with van der Waals surface area (Å²) in [6.07, 6.45) is 1.69. The van der Waals surface area contributed by atoms with Gasteiger partial charge in [0.25, 0.3) is 0 Å². The minimum absolute atomic E-state index is 0.0616. The van der Waals surface area contributed by atoms with Crippen LogP contribution in [0.1, 0.15) is 11.1 Å². The minimum Gasteiger partial charge on any atom is -0.493 e. The van der Waals surface area contributed by atoms with Gasteiger partial charge in [-0.3, -0.25) is 0 Å². The Balaban J connectivity index is 1.90. The van der Waals surface area contributed by atoms with Gasteiger partial charge in [0, 0.05) is 38.9 Å². The lowest BCUT2D eigenvalue weighted by atomic mass is 10.2. The Morgan fingerprint density at radius 1 is 1.19 bits per heavy atom. The summed E-state index contributed by atoms with van der Waals surface area (Å²) in [7, 11) is 5.11. The van der Waals surface area contributed by atoms with Crippen molar-refractivity contribution in [3.8, 4) is 11.5 Å². The fourth-order valence-electron chi connectivity index (χ4n) is 2.41. The number of halogens is 2. The molecular formula is C18H22F2N4O3. The van der Waals surface area contributed by atoms with E-state index in [1.807, 2.05) is 25.1 Å². The molecule has 27 heavy (non-hydrogen) atoms. The van der Waals surface area contributed by atoms with Crippen molar-refractivity contribution in [1.29, 1.82) is 0 Å². The number of urea groups is 1. The Hall–Kier alpha value is -3.10. The Kier molecular flexibility index (Phi) is 7.16. The van der Waals surface area contributed by atoms with E-state index in [9.17, 15) is 13.6 Å². The molecule has 7 nitrogen and oxygen atoms in total. The van der Waals surface area contributed by atoms with Gasteiger partial charge in [-0.15, -0.1) is 0 Å². The number of aromatic nitrogens is 1. The summed E-state index contributed by atoms with van der Waals surface area (Å²) in [6.45, 7) is -2.42. The molecule has 0 unspecified atom stereocenters. The number of anilines is 1. The highest BCUT2D eigenvalue weighted by Crippen LogP contribution is 2.29. The fourth-order valence-corrected chi connectivity index (χ4v) is 2.41. The van der Waals surface area contributed by atoms with Crippen LogP contribution in [0.2, 0.25) is 0 Å². The molecule has 0 saturated heterocycles. The van der Waals surface area contributed by atoms with E-state index >= 15 is 0 Å². The molecule has 146 valence electrons. The Labute approximate surface area is 156 Å². The summed E-state index contributed by atoms with van der Waals surface area (Å²) in [5.74, 6) is 0.881. The number of alkyl halides is 2. The summed E-state index contributed by atoms with van der Waals surface area (Å²) in [5.41, 5.74) is 1.56. The molecule has 0 saturated carbocycles. The lowest BCUT2D eigenvalue weighted by Crippen LogP contribution is -2.35. The van der Waals surface area contributed by atoms with Crippen molar-refractivity contribution in [2.75, 3.05) is 26.1 Å². The van der Waals surface area contributed by atoms with Crippen molar-refractivity contribution < 1.29 is 23.0 Å². The van der Waals surface area contributed by atoms with Gasteiger partial charge in [-0.05, 0) is 23.8 Å². The number of amides is 2. The molecule has 2 rings (SSSR count). The second-order valence-electron chi connectivity index (χ2n) is 5.78. The molecule has 0 aliphatic carbocycles.